The molecular weight excluding hydrogens is 370 g/mol. The Morgan fingerprint density at radius 3 is 2.37 bits per heavy atom. The van der Waals surface area contributed by atoms with Crippen molar-refractivity contribution >= 4 is 21.4 Å². The van der Waals surface area contributed by atoms with Gasteiger partial charge in [0.1, 0.15) is 5.69 Å². The van der Waals surface area contributed by atoms with Crippen molar-refractivity contribution in [2.75, 3.05) is 32.1 Å². The van der Waals surface area contributed by atoms with Gasteiger partial charge in [0.05, 0.1) is 15.4 Å². The first kappa shape index (κ1) is 20.0. The van der Waals surface area contributed by atoms with Gasteiger partial charge >= 0.3 is 0 Å². The maximum atomic E-state index is 12.9. The summed E-state index contributed by atoms with van der Waals surface area (Å²) in [7, 11) is -2.08. The largest absolute Gasteiger partial charge is 0.377 e. The molecule has 1 aromatic carbocycles. The van der Waals surface area contributed by atoms with Crippen LogP contribution in [0, 0.1) is 10.1 Å². The summed E-state index contributed by atoms with van der Waals surface area (Å²) < 4.78 is 32.8. The van der Waals surface area contributed by atoms with Gasteiger partial charge in [0, 0.05) is 32.8 Å². The Morgan fingerprint density at radius 2 is 1.85 bits per heavy atom. The second kappa shape index (κ2) is 8.12. The molecule has 0 amide bonds. The lowest BCUT2D eigenvalue weighted by molar-refractivity contribution is -0.384. The summed E-state index contributed by atoms with van der Waals surface area (Å²) in [5, 5.41) is 14.6. The van der Waals surface area contributed by atoms with Gasteiger partial charge in [-0.15, -0.1) is 0 Å². The second-order valence-corrected chi connectivity index (χ2v) is 9.29. The minimum Gasteiger partial charge on any atom is -0.377 e. The van der Waals surface area contributed by atoms with E-state index in [0.29, 0.717) is 25.3 Å². The average molecular weight is 397 g/mol. The minimum atomic E-state index is -3.72. The molecule has 3 rings (SSSR count). The summed E-state index contributed by atoms with van der Waals surface area (Å²) >= 11 is 0. The number of nitrogens with zero attached hydrogens (tertiary/aromatic N) is 2. The summed E-state index contributed by atoms with van der Waals surface area (Å²) in [6.45, 7) is 1.39. The fourth-order valence-corrected chi connectivity index (χ4v) is 5.22. The molecular formula is C18H27N3O5S. The van der Waals surface area contributed by atoms with Gasteiger partial charge in [-0.05, 0) is 44.2 Å². The van der Waals surface area contributed by atoms with E-state index in [4.69, 9.17) is 4.74 Å². The standard InChI is InChI=1S/C18H27N3O5S/c1-26-18(9-6-10-18)14-19-16-8-7-15(13-17(16)21(22)23)27(24,25)20-11-4-2-3-5-12-20/h7-8,13,19H,2-6,9-12,14H2,1H3. The van der Waals surface area contributed by atoms with E-state index in [1.54, 1.807) is 7.11 Å². The van der Waals surface area contributed by atoms with Crippen LogP contribution < -0.4 is 5.32 Å². The first-order valence-electron chi connectivity index (χ1n) is 9.46. The Kier molecular flexibility index (Phi) is 6.02. The van der Waals surface area contributed by atoms with Gasteiger partial charge in [0.25, 0.3) is 5.69 Å². The molecule has 2 fully saturated rings. The van der Waals surface area contributed by atoms with Crippen LogP contribution in [0.15, 0.2) is 23.1 Å². The molecule has 2 aliphatic rings. The molecule has 1 aromatic rings. The first-order valence-corrected chi connectivity index (χ1v) is 10.9. The molecule has 0 atom stereocenters. The Balaban J connectivity index is 1.83. The molecule has 0 aromatic heterocycles. The summed E-state index contributed by atoms with van der Waals surface area (Å²) in [4.78, 5) is 11.0. The lowest BCUT2D eigenvalue weighted by Gasteiger charge is -2.40. The highest BCUT2D eigenvalue weighted by Crippen LogP contribution is 2.36. The molecule has 0 bridgehead atoms. The number of hydrogen-bond donors (Lipinski definition) is 1. The van der Waals surface area contributed by atoms with Crippen molar-refractivity contribution in [2.45, 2.75) is 55.4 Å². The van der Waals surface area contributed by atoms with Crippen LogP contribution in [-0.2, 0) is 14.8 Å². The number of anilines is 1. The molecule has 9 heteroatoms. The fourth-order valence-electron chi connectivity index (χ4n) is 3.68. The first-order chi connectivity index (χ1) is 12.9. The molecule has 1 saturated heterocycles. The van der Waals surface area contributed by atoms with Gasteiger partial charge < -0.3 is 10.1 Å². The molecule has 1 heterocycles. The molecule has 1 aliphatic carbocycles. The maximum Gasteiger partial charge on any atom is 0.293 e. The molecule has 8 nitrogen and oxygen atoms in total. The Bertz CT molecular complexity index is 779. The van der Waals surface area contributed by atoms with E-state index in [1.807, 2.05) is 0 Å². The fraction of sp³-hybridized carbons (Fsp3) is 0.667. The monoisotopic (exact) mass is 397 g/mol. The summed E-state index contributed by atoms with van der Waals surface area (Å²) in [5.74, 6) is 0. The van der Waals surface area contributed by atoms with E-state index in [9.17, 15) is 18.5 Å². The number of methoxy groups -OCH3 is 1. The van der Waals surface area contributed by atoms with E-state index in [-0.39, 0.29) is 16.2 Å². The van der Waals surface area contributed by atoms with Crippen LogP contribution >= 0.6 is 0 Å². The zero-order chi connectivity index (χ0) is 19.5. The quantitative estimate of drug-likeness (QED) is 0.560. The SMILES string of the molecule is COC1(CNc2ccc(S(=O)(=O)N3CCCCCC3)cc2[N+](=O)[O-])CCC1. The summed E-state index contributed by atoms with van der Waals surface area (Å²) in [5.41, 5.74) is -0.195. The van der Waals surface area contributed by atoms with Crippen LogP contribution in [0.5, 0.6) is 0 Å². The topological polar surface area (TPSA) is 102 Å². The normalized spacial score (nSPS) is 20.5. The van der Waals surface area contributed by atoms with E-state index < -0.39 is 14.9 Å². The number of ether oxygens (including phenoxy) is 1. The highest BCUT2D eigenvalue weighted by atomic mass is 32.2. The lowest BCUT2D eigenvalue weighted by Crippen LogP contribution is -2.45. The van der Waals surface area contributed by atoms with Crippen LogP contribution in [-0.4, -0.2) is 50.0 Å². The van der Waals surface area contributed by atoms with E-state index >= 15 is 0 Å². The van der Waals surface area contributed by atoms with Crippen molar-refractivity contribution in [1.29, 1.82) is 0 Å². The number of sulfonamides is 1. The summed E-state index contributed by atoms with van der Waals surface area (Å²) in [6, 6.07) is 4.11. The van der Waals surface area contributed by atoms with Gasteiger partial charge in [-0.2, -0.15) is 4.31 Å². The lowest BCUT2D eigenvalue weighted by atomic mass is 9.80. The minimum absolute atomic E-state index is 0.0215. The molecule has 1 saturated carbocycles. The summed E-state index contributed by atoms with van der Waals surface area (Å²) in [6.07, 6.45) is 6.55. The molecule has 27 heavy (non-hydrogen) atoms. The van der Waals surface area contributed by atoms with Crippen molar-refractivity contribution < 1.29 is 18.1 Å². The van der Waals surface area contributed by atoms with Crippen molar-refractivity contribution in [3.63, 3.8) is 0 Å². The molecule has 1 aliphatic heterocycles. The van der Waals surface area contributed by atoms with Crippen molar-refractivity contribution in [3.05, 3.63) is 28.3 Å². The van der Waals surface area contributed by atoms with Gasteiger partial charge in [-0.3, -0.25) is 10.1 Å². The third-order valence-corrected chi connectivity index (χ3v) is 7.56. The maximum absolute atomic E-state index is 12.9. The third kappa shape index (κ3) is 4.25. The van der Waals surface area contributed by atoms with Crippen LogP contribution in [0.2, 0.25) is 0 Å². The van der Waals surface area contributed by atoms with Crippen LogP contribution in [0.4, 0.5) is 11.4 Å². The molecule has 0 spiro atoms. The second-order valence-electron chi connectivity index (χ2n) is 7.35. The van der Waals surface area contributed by atoms with Crippen molar-refractivity contribution in [1.82, 2.24) is 4.31 Å². The number of nitro groups is 1. The number of hydrogen-bond acceptors (Lipinski definition) is 6. The van der Waals surface area contributed by atoms with Crippen molar-refractivity contribution in [3.8, 4) is 0 Å². The van der Waals surface area contributed by atoms with Gasteiger partial charge in [0.2, 0.25) is 10.0 Å². The molecule has 0 unspecified atom stereocenters. The smallest absolute Gasteiger partial charge is 0.293 e. The Hall–Kier alpha value is -1.71. The number of nitrogens with one attached hydrogen (secondary N) is 1. The van der Waals surface area contributed by atoms with Gasteiger partial charge in [-0.1, -0.05) is 12.8 Å². The van der Waals surface area contributed by atoms with Crippen LogP contribution in [0.25, 0.3) is 0 Å². The highest BCUT2D eigenvalue weighted by Gasteiger charge is 2.37. The Labute approximate surface area is 160 Å². The predicted molar refractivity (Wildman–Crippen MR) is 102 cm³/mol. The van der Waals surface area contributed by atoms with E-state index in [1.165, 1.54) is 22.5 Å². The van der Waals surface area contributed by atoms with Crippen LogP contribution in [0.3, 0.4) is 0 Å². The van der Waals surface area contributed by atoms with Gasteiger partial charge in [-0.25, -0.2) is 8.42 Å². The zero-order valence-electron chi connectivity index (χ0n) is 15.6. The average Bonchev–Trinajstić information content (AvgIpc) is 2.91. The van der Waals surface area contributed by atoms with E-state index in [0.717, 1.165) is 44.9 Å². The third-order valence-electron chi connectivity index (χ3n) is 5.67. The van der Waals surface area contributed by atoms with Crippen molar-refractivity contribution in [2.24, 2.45) is 0 Å². The molecule has 1 N–H and O–H groups in total. The zero-order valence-corrected chi connectivity index (χ0v) is 16.5. The number of rotatable bonds is 7. The predicted octanol–water partition coefficient (Wildman–Crippen LogP) is 3.14. The number of benzene rings is 1. The van der Waals surface area contributed by atoms with E-state index in [2.05, 4.69) is 5.32 Å². The Morgan fingerprint density at radius 1 is 1.19 bits per heavy atom. The van der Waals surface area contributed by atoms with Crippen LogP contribution in [0.1, 0.15) is 44.9 Å². The molecule has 0 radical (unpaired) electrons. The highest BCUT2D eigenvalue weighted by molar-refractivity contribution is 7.89. The number of nitro benzene ring substituents is 1. The molecule has 150 valence electrons. The van der Waals surface area contributed by atoms with Gasteiger partial charge in [0.15, 0.2) is 0 Å².